The topological polar surface area (TPSA) is 53.9 Å². The molecule has 5 nitrogen and oxygen atoms in total. The van der Waals surface area contributed by atoms with Gasteiger partial charge in [0.05, 0.1) is 0 Å². The molecule has 0 atom stereocenters. The summed E-state index contributed by atoms with van der Waals surface area (Å²) in [5, 5.41) is 3.41. The fourth-order valence-electron chi connectivity index (χ4n) is 3.12. The summed E-state index contributed by atoms with van der Waals surface area (Å²) in [4.78, 5) is 16.0. The number of rotatable bonds is 6. The summed E-state index contributed by atoms with van der Waals surface area (Å²) in [7, 11) is 0. The maximum absolute atomic E-state index is 4.68. The summed E-state index contributed by atoms with van der Waals surface area (Å²) in [5.41, 5.74) is 4.77. The van der Waals surface area contributed by atoms with Crippen molar-refractivity contribution in [1.29, 1.82) is 0 Å². The van der Waals surface area contributed by atoms with Crippen LogP contribution in [0.1, 0.15) is 42.3 Å². The molecular formula is C19H27N5. The molecule has 1 fully saturated rings. The Bertz CT molecular complexity index is 714. The van der Waals surface area contributed by atoms with Gasteiger partial charge >= 0.3 is 0 Å². The van der Waals surface area contributed by atoms with E-state index in [1.165, 1.54) is 29.5 Å². The van der Waals surface area contributed by atoms with Gasteiger partial charge in [0.15, 0.2) is 0 Å². The van der Waals surface area contributed by atoms with Crippen LogP contribution in [0.4, 0.5) is 17.6 Å². The van der Waals surface area contributed by atoms with Gasteiger partial charge in [0.1, 0.15) is 5.82 Å². The van der Waals surface area contributed by atoms with Crippen molar-refractivity contribution < 1.29 is 0 Å². The Labute approximate surface area is 144 Å². The lowest BCUT2D eigenvalue weighted by Gasteiger charge is -2.21. The zero-order chi connectivity index (χ0) is 17.3. The van der Waals surface area contributed by atoms with Gasteiger partial charge in [0.2, 0.25) is 11.9 Å². The molecule has 1 aliphatic carbocycles. The monoisotopic (exact) mass is 325 g/mol. The minimum atomic E-state index is 0.627. The molecule has 0 amide bonds. The molecule has 1 aromatic carbocycles. The first kappa shape index (κ1) is 16.7. The van der Waals surface area contributed by atoms with Crippen molar-refractivity contribution in [2.45, 2.75) is 47.5 Å². The van der Waals surface area contributed by atoms with E-state index in [9.17, 15) is 0 Å². The van der Waals surface area contributed by atoms with E-state index in [4.69, 9.17) is 0 Å². The molecule has 0 radical (unpaired) electrons. The zero-order valence-corrected chi connectivity index (χ0v) is 15.3. The van der Waals surface area contributed by atoms with Gasteiger partial charge in [-0.05, 0) is 64.5 Å². The van der Waals surface area contributed by atoms with E-state index in [0.717, 1.165) is 36.5 Å². The largest absolute Gasteiger partial charge is 0.341 e. The predicted octanol–water partition coefficient (Wildman–Crippen LogP) is 4.09. The van der Waals surface area contributed by atoms with Gasteiger partial charge in [0.25, 0.3) is 0 Å². The number of hydrogen-bond acceptors (Lipinski definition) is 5. The lowest BCUT2D eigenvalue weighted by molar-refractivity contribution is 0.714. The molecule has 1 heterocycles. The van der Waals surface area contributed by atoms with Crippen molar-refractivity contribution in [2.24, 2.45) is 5.92 Å². The number of benzene rings is 1. The Morgan fingerprint density at radius 2 is 1.71 bits per heavy atom. The van der Waals surface area contributed by atoms with Gasteiger partial charge in [-0.25, -0.2) is 0 Å². The minimum absolute atomic E-state index is 0.627. The van der Waals surface area contributed by atoms with Crippen LogP contribution in [0.2, 0.25) is 0 Å². The molecule has 1 aliphatic rings. The first-order valence-electron chi connectivity index (χ1n) is 8.78. The first-order chi connectivity index (χ1) is 11.5. The van der Waals surface area contributed by atoms with Crippen molar-refractivity contribution >= 4 is 17.6 Å². The number of aryl methyl sites for hydroxylation is 4. The predicted molar refractivity (Wildman–Crippen MR) is 99.1 cm³/mol. The number of hydrogen-bond donors (Lipinski definition) is 1. The molecule has 1 aromatic heterocycles. The Morgan fingerprint density at radius 1 is 1.04 bits per heavy atom. The normalized spacial score (nSPS) is 13.9. The molecule has 0 spiro atoms. The Balaban J connectivity index is 1.88. The fraction of sp³-hybridized carbons (Fsp3) is 0.526. The lowest BCUT2D eigenvalue weighted by atomic mass is 10.1. The summed E-state index contributed by atoms with van der Waals surface area (Å²) in [6.45, 7) is 12.4. The Kier molecular flexibility index (Phi) is 4.69. The number of nitrogens with one attached hydrogen (secondary N) is 1. The summed E-state index contributed by atoms with van der Waals surface area (Å²) in [5.74, 6) is 2.96. The van der Waals surface area contributed by atoms with Crippen LogP contribution in [0.15, 0.2) is 12.1 Å². The van der Waals surface area contributed by atoms with Crippen LogP contribution >= 0.6 is 0 Å². The summed E-state index contributed by atoms with van der Waals surface area (Å²) < 4.78 is 0. The molecule has 24 heavy (non-hydrogen) atoms. The molecule has 1 N–H and O–H groups in total. The Morgan fingerprint density at radius 3 is 2.29 bits per heavy atom. The van der Waals surface area contributed by atoms with Gasteiger partial charge in [-0.2, -0.15) is 15.0 Å². The second-order valence-corrected chi connectivity index (χ2v) is 6.89. The highest BCUT2D eigenvalue weighted by Crippen LogP contribution is 2.31. The smallest absolute Gasteiger partial charge is 0.232 e. The van der Waals surface area contributed by atoms with E-state index < -0.39 is 0 Å². The Hall–Kier alpha value is -2.17. The van der Waals surface area contributed by atoms with E-state index in [1.807, 2.05) is 6.92 Å². The van der Waals surface area contributed by atoms with Crippen LogP contribution in [0.3, 0.4) is 0 Å². The molecule has 0 saturated heterocycles. The van der Waals surface area contributed by atoms with E-state index in [1.54, 1.807) is 0 Å². The number of nitrogens with zero attached hydrogens (tertiary/aromatic N) is 4. The highest BCUT2D eigenvalue weighted by atomic mass is 15.3. The van der Waals surface area contributed by atoms with Crippen LogP contribution in [0, 0.1) is 33.6 Å². The number of aromatic nitrogens is 3. The molecule has 0 bridgehead atoms. The van der Waals surface area contributed by atoms with Crippen LogP contribution in [-0.2, 0) is 0 Å². The van der Waals surface area contributed by atoms with E-state index >= 15 is 0 Å². The molecule has 2 aromatic rings. The first-order valence-corrected chi connectivity index (χ1v) is 8.78. The van der Waals surface area contributed by atoms with Crippen molar-refractivity contribution in [2.75, 3.05) is 23.3 Å². The molecular weight excluding hydrogens is 298 g/mol. The highest BCUT2D eigenvalue weighted by Gasteiger charge is 2.25. The zero-order valence-electron chi connectivity index (χ0n) is 15.3. The van der Waals surface area contributed by atoms with Crippen molar-refractivity contribution in [3.63, 3.8) is 0 Å². The molecule has 128 valence electrons. The second kappa shape index (κ2) is 6.75. The van der Waals surface area contributed by atoms with Crippen LogP contribution in [0.5, 0.6) is 0 Å². The van der Waals surface area contributed by atoms with Crippen molar-refractivity contribution in [1.82, 2.24) is 15.0 Å². The number of anilines is 3. The van der Waals surface area contributed by atoms with Crippen LogP contribution in [0.25, 0.3) is 0 Å². The van der Waals surface area contributed by atoms with Gasteiger partial charge in [-0.1, -0.05) is 17.7 Å². The van der Waals surface area contributed by atoms with Gasteiger partial charge in [-0.15, -0.1) is 0 Å². The maximum Gasteiger partial charge on any atom is 0.232 e. The van der Waals surface area contributed by atoms with Gasteiger partial charge in [-0.3, -0.25) is 0 Å². The minimum Gasteiger partial charge on any atom is -0.341 e. The molecule has 0 aliphatic heterocycles. The van der Waals surface area contributed by atoms with Gasteiger partial charge in [0, 0.05) is 18.8 Å². The van der Waals surface area contributed by atoms with E-state index in [2.05, 4.69) is 65.0 Å². The maximum atomic E-state index is 4.68. The summed E-state index contributed by atoms with van der Waals surface area (Å²) in [6, 6.07) is 4.35. The average molecular weight is 325 g/mol. The average Bonchev–Trinajstić information content (AvgIpc) is 3.32. The quantitative estimate of drug-likeness (QED) is 0.867. The molecule has 1 saturated carbocycles. The third-order valence-corrected chi connectivity index (χ3v) is 4.49. The van der Waals surface area contributed by atoms with E-state index in [0.29, 0.717) is 5.95 Å². The van der Waals surface area contributed by atoms with Crippen molar-refractivity contribution in [3.8, 4) is 0 Å². The van der Waals surface area contributed by atoms with Crippen LogP contribution < -0.4 is 10.2 Å². The molecule has 0 unspecified atom stereocenters. The van der Waals surface area contributed by atoms with E-state index in [-0.39, 0.29) is 0 Å². The van der Waals surface area contributed by atoms with Crippen LogP contribution in [-0.4, -0.2) is 28.0 Å². The summed E-state index contributed by atoms with van der Waals surface area (Å²) >= 11 is 0. The van der Waals surface area contributed by atoms with Gasteiger partial charge < -0.3 is 10.2 Å². The third-order valence-electron chi connectivity index (χ3n) is 4.49. The molecule has 5 heteroatoms. The highest BCUT2D eigenvalue weighted by molar-refractivity contribution is 5.64. The van der Waals surface area contributed by atoms with Crippen molar-refractivity contribution in [3.05, 3.63) is 34.6 Å². The third kappa shape index (κ3) is 3.83. The summed E-state index contributed by atoms with van der Waals surface area (Å²) in [6.07, 6.45) is 2.65. The second-order valence-electron chi connectivity index (χ2n) is 6.89. The molecule has 3 rings (SSSR count). The SMILES string of the molecule is CCN(CC1CC1)c1nc(C)nc(Nc2c(C)cc(C)cc2C)n1. The standard InChI is InChI=1S/C19H27N5/c1-6-24(11-16-7-8-16)19-21-15(5)20-18(23-19)22-17-13(3)9-12(2)10-14(17)4/h9-10,16H,6-8,11H2,1-5H3,(H,20,21,22,23). The lowest BCUT2D eigenvalue weighted by Crippen LogP contribution is -2.28. The fourth-order valence-corrected chi connectivity index (χ4v) is 3.12.